The van der Waals surface area contributed by atoms with Crippen molar-refractivity contribution in [2.45, 2.75) is 0 Å². The van der Waals surface area contributed by atoms with Gasteiger partial charge in [-0.15, -0.1) is 10.2 Å². The van der Waals surface area contributed by atoms with Crippen molar-refractivity contribution in [3.05, 3.63) is 23.2 Å². The molecule has 0 saturated carbocycles. The number of nitrogens with zero attached hydrogens (tertiary/aromatic N) is 2. The molecule has 4 heteroatoms. The lowest BCUT2D eigenvalue weighted by Crippen LogP contribution is -1.70. The SMILES string of the molecule is c1nnc(-c2ccsc2)o1. The Kier molecular flexibility index (Phi) is 1.25. The summed E-state index contributed by atoms with van der Waals surface area (Å²) < 4.78 is 4.96. The highest BCUT2D eigenvalue weighted by molar-refractivity contribution is 7.08. The second-order valence-electron chi connectivity index (χ2n) is 1.76. The molecule has 0 aliphatic carbocycles. The maximum atomic E-state index is 4.96. The van der Waals surface area contributed by atoms with E-state index >= 15 is 0 Å². The van der Waals surface area contributed by atoms with Gasteiger partial charge in [-0.1, -0.05) is 0 Å². The molecule has 2 aromatic heterocycles. The van der Waals surface area contributed by atoms with E-state index in [1.165, 1.54) is 6.39 Å². The zero-order valence-electron chi connectivity index (χ0n) is 5.02. The average Bonchev–Trinajstić information content (AvgIpc) is 2.59. The summed E-state index contributed by atoms with van der Waals surface area (Å²) in [6, 6.07) is 1.94. The molecule has 0 radical (unpaired) electrons. The van der Waals surface area contributed by atoms with Gasteiger partial charge in [0.05, 0.1) is 0 Å². The summed E-state index contributed by atoms with van der Waals surface area (Å²) in [5.74, 6) is 0.584. The minimum atomic E-state index is 0.584. The van der Waals surface area contributed by atoms with Crippen LogP contribution < -0.4 is 0 Å². The molecule has 0 fully saturated rings. The molecule has 3 nitrogen and oxygen atoms in total. The van der Waals surface area contributed by atoms with Crippen LogP contribution in [0.15, 0.2) is 27.6 Å². The van der Waals surface area contributed by atoms with E-state index in [-0.39, 0.29) is 0 Å². The first-order chi connectivity index (χ1) is 4.97. The molecule has 50 valence electrons. The summed E-state index contributed by atoms with van der Waals surface area (Å²) in [7, 11) is 0. The van der Waals surface area contributed by atoms with Crippen LogP contribution in [0, 0.1) is 0 Å². The largest absolute Gasteiger partial charge is 0.423 e. The topological polar surface area (TPSA) is 38.9 Å². The highest BCUT2D eigenvalue weighted by Gasteiger charge is 2.00. The van der Waals surface area contributed by atoms with Crippen LogP contribution in [0.25, 0.3) is 11.5 Å². The third-order valence-electron chi connectivity index (χ3n) is 1.13. The summed E-state index contributed by atoms with van der Waals surface area (Å²) in [5, 5.41) is 11.3. The number of thiophene rings is 1. The molecule has 0 saturated heterocycles. The van der Waals surface area contributed by atoms with Gasteiger partial charge in [0, 0.05) is 10.9 Å². The van der Waals surface area contributed by atoms with Crippen molar-refractivity contribution >= 4 is 11.3 Å². The fourth-order valence-corrected chi connectivity index (χ4v) is 1.31. The van der Waals surface area contributed by atoms with E-state index in [0.717, 1.165) is 5.56 Å². The van der Waals surface area contributed by atoms with E-state index in [4.69, 9.17) is 4.42 Å². The molecule has 2 aromatic rings. The summed E-state index contributed by atoms with van der Waals surface area (Å²) in [6.45, 7) is 0. The molecule has 0 atom stereocenters. The smallest absolute Gasteiger partial charge is 0.248 e. The Morgan fingerprint density at radius 3 is 3.10 bits per heavy atom. The molecule has 0 aliphatic heterocycles. The Morgan fingerprint density at radius 2 is 2.50 bits per heavy atom. The lowest BCUT2D eigenvalue weighted by molar-refractivity contribution is 0.569. The van der Waals surface area contributed by atoms with Crippen LogP contribution in [0.5, 0.6) is 0 Å². The average molecular weight is 152 g/mol. The molecule has 0 amide bonds. The van der Waals surface area contributed by atoms with Crippen molar-refractivity contribution in [2.24, 2.45) is 0 Å². The fourth-order valence-electron chi connectivity index (χ4n) is 0.685. The molecule has 0 aliphatic rings. The van der Waals surface area contributed by atoms with Crippen LogP contribution in [-0.2, 0) is 0 Å². The van der Waals surface area contributed by atoms with Crippen LogP contribution >= 0.6 is 11.3 Å². The van der Waals surface area contributed by atoms with Crippen LogP contribution in [0.3, 0.4) is 0 Å². The number of rotatable bonds is 1. The zero-order valence-corrected chi connectivity index (χ0v) is 5.84. The first-order valence-corrected chi connectivity index (χ1v) is 3.70. The van der Waals surface area contributed by atoms with Crippen LogP contribution in [0.2, 0.25) is 0 Å². The molecule has 0 bridgehead atoms. The van der Waals surface area contributed by atoms with Crippen molar-refractivity contribution < 1.29 is 4.42 Å². The van der Waals surface area contributed by atoms with Crippen LogP contribution in [0.4, 0.5) is 0 Å². The minimum Gasteiger partial charge on any atom is -0.423 e. The Morgan fingerprint density at radius 1 is 1.50 bits per heavy atom. The highest BCUT2D eigenvalue weighted by Crippen LogP contribution is 2.18. The first-order valence-electron chi connectivity index (χ1n) is 2.75. The number of aromatic nitrogens is 2. The number of hydrogen-bond donors (Lipinski definition) is 0. The molecule has 0 N–H and O–H groups in total. The van der Waals surface area contributed by atoms with Gasteiger partial charge in [0.2, 0.25) is 12.3 Å². The van der Waals surface area contributed by atoms with Crippen molar-refractivity contribution in [1.82, 2.24) is 10.2 Å². The van der Waals surface area contributed by atoms with Crippen molar-refractivity contribution in [3.8, 4) is 11.5 Å². The molecular weight excluding hydrogens is 148 g/mol. The minimum absolute atomic E-state index is 0.584. The van der Waals surface area contributed by atoms with E-state index < -0.39 is 0 Å². The zero-order chi connectivity index (χ0) is 6.81. The van der Waals surface area contributed by atoms with Crippen molar-refractivity contribution in [1.29, 1.82) is 0 Å². The Balaban J connectivity index is 2.48. The molecule has 0 spiro atoms. The van der Waals surface area contributed by atoms with Crippen LogP contribution in [-0.4, -0.2) is 10.2 Å². The third-order valence-corrected chi connectivity index (χ3v) is 1.81. The second-order valence-corrected chi connectivity index (χ2v) is 2.54. The molecule has 0 unspecified atom stereocenters. The molecule has 2 heterocycles. The maximum Gasteiger partial charge on any atom is 0.248 e. The first kappa shape index (κ1) is 5.61. The van der Waals surface area contributed by atoms with E-state index in [2.05, 4.69) is 10.2 Å². The van der Waals surface area contributed by atoms with E-state index in [9.17, 15) is 0 Å². The van der Waals surface area contributed by atoms with Crippen molar-refractivity contribution in [3.63, 3.8) is 0 Å². The van der Waals surface area contributed by atoms with Gasteiger partial charge in [-0.3, -0.25) is 0 Å². The van der Waals surface area contributed by atoms with Gasteiger partial charge >= 0.3 is 0 Å². The van der Waals surface area contributed by atoms with Gasteiger partial charge in [0.15, 0.2) is 0 Å². The quantitative estimate of drug-likeness (QED) is 0.625. The monoisotopic (exact) mass is 152 g/mol. The predicted molar refractivity (Wildman–Crippen MR) is 37.6 cm³/mol. The third kappa shape index (κ3) is 0.823. The Bertz CT molecular complexity index is 255. The van der Waals surface area contributed by atoms with E-state index in [0.29, 0.717) is 5.89 Å². The van der Waals surface area contributed by atoms with Gasteiger partial charge in [-0.25, -0.2) is 0 Å². The Hall–Kier alpha value is -1.16. The predicted octanol–water partition coefficient (Wildman–Crippen LogP) is 1.80. The van der Waals surface area contributed by atoms with Crippen LogP contribution in [0.1, 0.15) is 0 Å². The molecule has 2 rings (SSSR count). The lowest BCUT2D eigenvalue weighted by atomic mass is 10.3. The summed E-state index contributed by atoms with van der Waals surface area (Å²) in [5.41, 5.74) is 0.988. The van der Waals surface area contributed by atoms with Gasteiger partial charge < -0.3 is 4.42 Å². The summed E-state index contributed by atoms with van der Waals surface area (Å²) >= 11 is 1.61. The lowest BCUT2D eigenvalue weighted by Gasteiger charge is -1.81. The van der Waals surface area contributed by atoms with E-state index in [1.807, 2.05) is 16.8 Å². The molecule has 0 aromatic carbocycles. The summed E-state index contributed by atoms with van der Waals surface area (Å²) in [4.78, 5) is 0. The molecule has 10 heavy (non-hydrogen) atoms. The fraction of sp³-hybridized carbons (Fsp3) is 0. The second kappa shape index (κ2) is 2.22. The maximum absolute atomic E-state index is 4.96. The normalized spacial score (nSPS) is 10.0. The van der Waals surface area contributed by atoms with Gasteiger partial charge in [0.1, 0.15) is 0 Å². The highest BCUT2D eigenvalue weighted by atomic mass is 32.1. The van der Waals surface area contributed by atoms with Crippen molar-refractivity contribution in [2.75, 3.05) is 0 Å². The van der Waals surface area contributed by atoms with Gasteiger partial charge in [-0.05, 0) is 11.4 Å². The standard InChI is InChI=1S/C6H4N2OS/c1-2-10-3-5(1)6-8-7-4-9-6/h1-4H. The Labute approximate surface area is 61.3 Å². The molecular formula is C6H4N2OS. The van der Waals surface area contributed by atoms with Gasteiger partial charge in [-0.2, -0.15) is 11.3 Å². The summed E-state index contributed by atoms with van der Waals surface area (Å²) in [6.07, 6.45) is 1.33. The van der Waals surface area contributed by atoms with E-state index in [1.54, 1.807) is 11.3 Å². The van der Waals surface area contributed by atoms with Gasteiger partial charge in [0.25, 0.3) is 0 Å². The number of hydrogen-bond acceptors (Lipinski definition) is 4.